The molecule has 0 radical (unpaired) electrons. The molecule has 2 aromatic carbocycles. The van der Waals surface area contributed by atoms with Gasteiger partial charge < -0.3 is 29.2 Å². The highest BCUT2D eigenvalue weighted by Crippen LogP contribution is 2.13. The van der Waals surface area contributed by atoms with Crippen molar-refractivity contribution >= 4 is 11.9 Å². The van der Waals surface area contributed by atoms with E-state index in [2.05, 4.69) is 13.2 Å². The van der Waals surface area contributed by atoms with Crippen LogP contribution in [0.5, 0.6) is 11.5 Å². The molecule has 0 amide bonds. The van der Waals surface area contributed by atoms with E-state index in [0.717, 1.165) is 11.1 Å². The molecule has 0 heterocycles. The summed E-state index contributed by atoms with van der Waals surface area (Å²) in [7, 11) is 0. The summed E-state index contributed by atoms with van der Waals surface area (Å²) in [4.78, 5) is 22.4. The predicted molar refractivity (Wildman–Crippen MR) is 137 cm³/mol. The smallest absolute Gasteiger partial charge is 0.333 e. The standard InChI is InChI=1S/2C14H18O4/c1-10(2)14(16)18-9-12(15)8-17-13-6-4-11(3)5-7-13;1-10(2)14(16)18-13(8-15)9-17-12-6-4-11(3)5-7-12/h4-7,12,15H,1,8-9H2,2-3H3;4-7,13,15H,1,8-9H2,2-3H3. The van der Waals surface area contributed by atoms with Crippen LogP contribution in [-0.4, -0.2) is 60.8 Å². The Kier molecular flexibility index (Phi) is 13.6. The van der Waals surface area contributed by atoms with Crippen molar-refractivity contribution in [1.82, 2.24) is 0 Å². The largest absolute Gasteiger partial charge is 0.491 e. The number of hydrogen-bond acceptors (Lipinski definition) is 8. The van der Waals surface area contributed by atoms with Gasteiger partial charge in [0.15, 0.2) is 6.10 Å². The Morgan fingerprint density at radius 3 is 1.64 bits per heavy atom. The lowest BCUT2D eigenvalue weighted by Gasteiger charge is -2.16. The molecule has 0 fully saturated rings. The Labute approximate surface area is 212 Å². The quantitative estimate of drug-likeness (QED) is 0.335. The van der Waals surface area contributed by atoms with E-state index >= 15 is 0 Å². The summed E-state index contributed by atoms with van der Waals surface area (Å²) in [6.07, 6.45) is -1.54. The van der Waals surface area contributed by atoms with Gasteiger partial charge >= 0.3 is 11.9 Å². The Hall–Kier alpha value is -3.62. The third kappa shape index (κ3) is 12.7. The molecule has 0 saturated heterocycles. The van der Waals surface area contributed by atoms with E-state index in [-0.39, 0.29) is 26.4 Å². The van der Waals surface area contributed by atoms with E-state index in [1.807, 2.05) is 62.4 Å². The average molecular weight is 501 g/mol. The van der Waals surface area contributed by atoms with Crippen LogP contribution in [0, 0.1) is 13.8 Å². The number of ether oxygens (including phenoxy) is 4. The molecule has 0 aliphatic carbocycles. The van der Waals surface area contributed by atoms with Crippen LogP contribution in [0.15, 0.2) is 72.8 Å². The Morgan fingerprint density at radius 2 is 1.22 bits per heavy atom. The summed E-state index contributed by atoms with van der Waals surface area (Å²) in [5, 5.41) is 18.7. The van der Waals surface area contributed by atoms with Crippen molar-refractivity contribution in [2.75, 3.05) is 26.4 Å². The van der Waals surface area contributed by atoms with Gasteiger partial charge in [-0.3, -0.25) is 0 Å². The van der Waals surface area contributed by atoms with Gasteiger partial charge in [-0.05, 0) is 52.0 Å². The third-order valence-corrected chi connectivity index (χ3v) is 4.50. The maximum atomic E-state index is 11.3. The van der Waals surface area contributed by atoms with Crippen LogP contribution in [0.4, 0.5) is 0 Å². The van der Waals surface area contributed by atoms with E-state index in [0.29, 0.717) is 22.6 Å². The Bertz CT molecular complexity index is 980. The molecule has 0 aliphatic heterocycles. The lowest BCUT2D eigenvalue weighted by atomic mass is 10.2. The van der Waals surface area contributed by atoms with Gasteiger partial charge in [0.25, 0.3) is 0 Å². The zero-order valence-electron chi connectivity index (χ0n) is 21.4. The minimum atomic E-state index is -0.852. The average Bonchev–Trinajstić information content (AvgIpc) is 2.85. The molecular weight excluding hydrogens is 464 g/mol. The third-order valence-electron chi connectivity index (χ3n) is 4.50. The summed E-state index contributed by atoms with van der Waals surface area (Å²) < 4.78 is 20.6. The highest BCUT2D eigenvalue weighted by Gasteiger charge is 2.15. The molecule has 196 valence electrons. The maximum absolute atomic E-state index is 11.3. The van der Waals surface area contributed by atoms with Crippen molar-refractivity contribution in [3.05, 3.63) is 84.0 Å². The summed E-state index contributed by atoms with van der Waals surface area (Å²) in [5.41, 5.74) is 2.87. The minimum absolute atomic E-state index is 0.0759. The van der Waals surface area contributed by atoms with Gasteiger partial charge in [0.05, 0.1) is 6.61 Å². The molecular formula is C28H36O8. The summed E-state index contributed by atoms with van der Waals surface area (Å²) in [6, 6.07) is 15.0. The monoisotopic (exact) mass is 500 g/mol. The van der Waals surface area contributed by atoms with E-state index < -0.39 is 24.1 Å². The van der Waals surface area contributed by atoms with Gasteiger partial charge in [-0.25, -0.2) is 9.59 Å². The lowest BCUT2D eigenvalue weighted by molar-refractivity contribution is -0.148. The number of rotatable bonds is 12. The van der Waals surface area contributed by atoms with Gasteiger partial charge in [-0.1, -0.05) is 48.6 Å². The van der Waals surface area contributed by atoms with E-state index in [1.54, 1.807) is 13.8 Å². The van der Waals surface area contributed by atoms with Crippen molar-refractivity contribution in [2.24, 2.45) is 0 Å². The molecule has 0 aromatic heterocycles. The summed E-state index contributed by atoms with van der Waals surface area (Å²) in [5.74, 6) is 0.308. The number of hydrogen-bond donors (Lipinski definition) is 2. The first-order valence-electron chi connectivity index (χ1n) is 11.4. The van der Waals surface area contributed by atoms with Crippen LogP contribution in [0.25, 0.3) is 0 Å². The molecule has 2 N–H and O–H groups in total. The van der Waals surface area contributed by atoms with Crippen LogP contribution in [-0.2, 0) is 19.1 Å². The zero-order valence-corrected chi connectivity index (χ0v) is 21.4. The van der Waals surface area contributed by atoms with Gasteiger partial charge in [0, 0.05) is 11.1 Å². The Morgan fingerprint density at radius 1 is 0.778 bits per heavy atom. The molecule has 36 heavy (non-hydrogen) atoms. The normalized spacial score (nSPS) is 11.7. The van der Waals surface area contributed by atoms with Crippen LogP contribution in [0.1, 0.15) is 25.0 Å². The van der Waals surface area contributed by atoms with Crippen LogP contribution >= 0.6 is 0 Å². The molecule has 0 saturated carbocycles. The number of carbonyl (C=O) groups is 2. The number of esters is 2. The molecule has 0 aliphatic rings. The second-order valence-corrected chi connectivity index (χ2v) is 8.27. The molecule has 2 unspecified atom stereocenters. The van der Waals surface area contributed by atoms with Gasteiger partial charge in [-0.15, -0.1) is 0 Å². The minimum Gasteiger partial charge on any atom is -0.491 e. The first kappa shape index (κ1) is 30.4. The highest BCUT2D eigenvalue weighted by molar-refractivity contribution is 5.87. The Balaban J connectivity index is 0.000000360. The number of aliphatic hydroxyl groups is 2. The number of aliphatic hydroxyl groups excluding tert-OH is 2. The molecule has 8 nitrogen and oxygen atoms in total. The summed E-state index contributed by atoms with van der Waals surface area (Å²) in [6.45, 7) is 13.8. The number of aryl methyl sites for hydroxylation is 2. The van der Waals surface area contributed by atoms with Gasteiger partial charge in [0.1, 0.15) is 37.4 Å². The van der Waals surface area contributed by atoms with Crippen LogP contribution < -0.4 is 9.47 Å². The maximum Gasteiger partial charge on any atom is 0.333 e. The van der Waals surface area contributed by atoms with E-state index in [1.165, 1.54) is 0 Å². The van der Waals surface area contributed by atoms with E-state index in [9.17, 15) is 14.7 Å². The van der Waals surface area contributed by atoms with Crippen LogP contribution in [0.2, 0.25) is 0 Å². The first-order chi connectivity index (χ1) is 17.0. The SMILES string of the molecule is C=C(C)C(=O)OC(CO)COc1ccc(C)cc1.C=C(C)C(=O)OCC(O)COc1ccc(C)cc1. The topological polar surface area (TPSA) is 112 Å². The summed E-state index contributed by atoms with van der Waals surface area (Å²) >= 11 is 0. The van der Waals surface area contributed by atoms with Gasteiger partial charge in [-0.2, -0.15) is 0 Å². The van der Waals surface area contributed by atoms with Crippen molar-refractivity contribution in [1.29, 1.82) is 0 Å². The number of benzene rings is 2. The molecule has 2 rings (SSSR count). The first-order valence-corrected chi connectivity index (χ1v) is 11.4. The number of carbonyl (C=O) groups excluding carboxylic acids is 2. The molecule has 2 atom stereocenters. The predicted octanol–water partition coefficient (Wildman–Crippen LogP) is 3.71. The van der Waals surface area contributed by atoms with Crippen molar-refractivity contribution in [3.8, 4) is 11.5 Å². The van der Waals surface area contributed by atoms with E-state index in [4.69, 9.17) is 24.1 Å². The lowest BCUT2D eigenvalue weighted by Crippen LogP contribution is -2.28. The fourth-order valence-electron chi connectivity index (χ4n) is 2.37. The fourth-order valence-corrected chi connectivity index (χ4v) is 2.37. The van der Waals surface area contributed by atoms with Crippen molar-refractivity contribution in [2.45, 2.75) is 39.9 Å². The van der Waals surface area contributed by atoms with Gasteiger partial charge in [0.2, 0.25) is 0 Å². The molecule has 0 spiro atoms. The molecule has 2 aromatic rings. The second-order valence-electron chi connectivity index (χ2n) is 8.27. The zero-order chi connectivity index (χ0) is 27.1. The fraction of sp³-hybridized carbons (Fsp3) is 0.357. The van der Waals surface area contributed by atoms with Crippen LogP contribution in [0.3, 0.4) is 0 Å². The molecule has 8 heteroatoms. The molecule has 0 bridgehead atoms. The van der Waals surface area contributed by atoms with Crippen molar-refractivity contribution < 1.29 is 38.7 Å². The second kappa shape index (κ2) is 16.1. The highest BCUT2D eigenvalue weighted by atomic mass is 16.6. The van der Waals surface area contributed by atoms with Crippen molar-refractivity contribution in [3.63, 3.8) is 0 Å².